The quantitative estimate of drug-likeness (QED) is 0.118. The molecule has 0 bridgehead atoms. The Hall–Kier alpha value is 0.860. The van der Waals surface area contributed by atoms with Crippen molar-refractivity contribution in [3.05, 3.63) is 0 Å². The molecule has 2 heteroatoms. The van der Waals surface area contributed by atoms with Gasteiger partial charge >= 0.3 is 0 Å². The van der Waals surface area contributed by atoms with Crippen LogP contribution in [-0.4, -0.2) is 12.3 Å². The first kappa shape index (κ1) is 26.9. The fourth-order valence-electron chi connectivity index (χ4n) is 3.58. The summed E-state index contributed by atoms with van der Waals surface area (Å²) in [5.41, 5.74) is 0. The minimum Gasteiger partial charge on any atom is -0.0992 e. The van der Waals surface area contributed by atoms with E-state index in [-0.39, 0.29) is 0 Å². The van der Waals surface area contributed by atoms with Crippen molar-refractivity contribution in [2.24, 2.45) is 0 Å². The Kier molecular flexibility index (Phi) is 26.7. The Balaban J connectivity index is 2.95. The third-order valence-electron chi connectivity index (χ3n) is 5.44. The minimum atomic E-state index is 1.28. The van der Waals surface area contributed by atoms with E-state index in [9.17, 15) is 0 Å². The third kappa shape index (κ3) is 24.9. The van der Waals surface area contributed by atoms with Gasteiger partial charge in [-0.05, 0) is 25.2 Å². The van der Waals surface area contributed by atoms with Crippen molar-refractivity contribution in [2.75, 3.05) is 12.3 Å². The molecule has 0 heterocycles. The molecule has 0 aromatic carbocycles. The zero-order valence-corrected chi connectivity index (χ0v) is 20.6. The molecule has 2 atom stereocenters. The second kappa shape index (κ2) is 25.9. The molecule has 2 unspecified atom stereocenters. The molecule has 0 spiro atoms. The first-order valence-corrected chi connectivity index (χ1v) is 15.8. The minimum absolute atomic E-state index is 1.28. The lowest BCUT2D eigenvalue weighted by molar-refractivity contribution is 0.563. The van der Waals surface area contributed by atoms with Crippen molar-refractivity contribution in [2.45, 2.75) is 142 Å². The molecule has 0 rings (SSSR count). The highest BCUT2D eigenvalue weighted by molar-refractivity contribution is 8.11. The predicted molar refractivity (Wildman–Crippen MR) is 130 cm³/mol. The molecule has 0 radical (unpaired) electrons. The van der Waals surface area contributed by atoms with Crippen LogP contribution in [0.25, 0.3) is 0 Å². The van der Waals surface area contributed by atoms with E-state index in [0.29, 0.717) is 0 Å². The monoisotopic (exact) mass is 402 g/mol. The van der Waals surface area contributed by atoms with Crippen molar-refractivity contribution in [3.8, 4) is 0 Å². The zero-order valence-electron chi connectivity index (χ0n) is 18.6. The molecule has 0 aromatic heterocycles. The number of hydrogen-bond donors (Lipinski definition) is 0. The third-order valence-corrected chi connectivity index (χ3v) is 9.14. The van der Waals surface area contributed by atoms with E-state index >= 15 is 0 Å². The molecule has 0 aliphatic heterocycles. The first-order chi connectivity index (χ1) is 12.9. The highest BCUT2D eigenvalue weighted by atomic mass is 32.0. The van der Waals surface area contributed by atoms with Crippen LogP contribution in [0, 0.1) is 0 Å². The van der Waals surface area contributed by atoms with Crippen LogP contribution >= 0.6 is 16.5 Å². The molecule has 0 N–H and O–H groups in total. The largest absolute Gasteiger partial charge is 0.0992 e. The maximum Gasteiger partial charge on any atom is -0.0317 e. The van der Waals surface area contributed by atoms with Gasteiger partial charge in [-0.2, -0.15) is 0 Å². The first-order valence-electron chi connectivity index (χ1n) is 12.4. The second-order valence-corrected chi connectivity index (χ2v) is 12.0. The summed E-state index contributed by atoms with van der Waals surface area (Å²) in [5.74, 6) is 0. The summed E-state index contributed by atoms with van der Waals surface area (Å²) in [4.78, 5) is 0. The summed E-state index contributed by atoms with van der Waals surface area (Å²) in [6, 6.07) is 0. The molecule has 0 saturated carbocycles. The summed E-state index contributed by atoms with van der Waals surface area (Å²) in [6.45, 7) is 4.61. The molecule has 0 nitrogen and oxygen atoms in total. The standard InChI is InChI=1S/C24H52P2/c1-3-5-7-9-11-13-15-17-19-21-23-25-26-24-22-20-18-16-14-12-10-8-6-4-2/h25-26H,3-24H2,1-2H3. The lowest BCUT2D eigenvalue weighted by Crippen LogP contribution is -1.83. The van der Waals surface area contributed by atoms with Crippen LogP contribution in [0.5, 0.6) is 0 Å². The van der Waals surface area contributed by atoms with Crippen LogP contribution in [0.4, 0.5) is 0 Å². The fourth-order valence-corrected chi connectivity index (χ4v) is 6.91. The Labute approximate surface area is 171 Å². The van der Waals surface area contributed by atoms with E-state index in [4.69, 9.17) is 0 Å². The maximum atomic E-state index is 2.30. The molecule has 158 valence electrons. The van der Waals surface area contributed by atoms with Crippen molar-refractivity contribution in [1.29, 1.82) is 0 Å². The van der Waals surface area contributed by atoms with Gasteiger partial charge in [-0.1, -0.05) is 146 Å². The summed E-state index contributed by atoms with van der Waals surface area (Å²) in [6.07, 6.45) is 32.6. The summed E-state index contributed by atoms with van der Waals surface area (Å²) in [7, 11) is 2.57. The van der Waals surface area contributed by atoms with E-state index in [1.165, 1.54) is 157 Å². The van der Waals surface area contributed by atoms with Crippen molar-refractivity contribution >= 4 is 16.5 Å². The van der Waals surface area contributed by atoms with Gasteiger partial charge in [0, 0.05) is 0 Å². The van der Waals surface area contributed by atoms with E-state index in [0.717, 1.165) is 0 Å². The highest BCUT2D eigenvalue weighted by Gasteiger charge is 1.95. The van der Waals surface area contributed by atoms with Gasteiger partial charge in [0.2, 0.25) is 0 Å². The molecule has 0 aromatic rings. The normalized spacial score (nSPS) is 12.2. The Bertz CT molecular complexity index is 206. The lowest BCUT2D eigenvalue weighted by Gasteiger charge is -2.04. The van der Waals surface area contributed by atoms with Gasteiger partial charge in [0.15, 0.2) is 0 Å². The van der Waals surface area contributed by atoms with Crippen LogP contribution in [0.1, 0.15) is 142 Å². The fraction of sp³-hybridized carbons (Fsp3) is 1.00. The molecule has 0 saturated heterocycles. The van der Waals surface area contributed by atoms with E-state index in [1.54, 1.807) is 0 Å². The number of rotatable bonds is 23. The molecular weight excluding hydrogens is 350 g/mol. The smallest absolute Gasteiger partial charge is 0.0317 e. The second-order valence-electron chi connectivity index (χ2n) is 8.22. The summed E-state index contributed by atoms with van der Waals surface area (Å²) in [5, 5.41) is 0. The maximum absolute atomic E-state index is 2.30. The van der Waals surface area contributed by atoms with Gasteiger partial charge in [0.05, 0.1) is 0 Å². The predicted octanol–water partition coefficient (Wildman–Crippen LogP) is 10.1. The van der Waals surface area contributed by atoms with Gasteiger partial charge in [-0.3, -0.25) is 0 Å². The van der Waals surface area contributed by atoms with Gasteiger partial charge in [-0.25, -0.2) is 0 Å². The molecule has 0 fully saturated rings. The van der Waals surface area contributed by atoms with Crippen LogP contribution in [-0.2, 0) is 0 Å². The average Bonchev–Trinajstić information content (AvgIpc) is 2.66. The van der Waals surface area contributed by atoms with Gasteiger partial charge < -0.3 is 0 Å². The molecular formula is C24H52P2. The van der Waals surface area contributed by atoms with Crippen LogP contribution < -0.4 is 0 Å². The molecule has 0 amide bonds. The summed E-state index contributed by atoms with van der Waals surface area (Å²) >= 11 is 0. The van der Waals surface area contributed by atoms with E-state index < -0.39 is 0 Å². The number of unbranched alkanes of at least 4 members (excludes halogenated alkanes) is 18. The summed E-state index contributed by atoms with van der Waals surface area (Å²) < 4.78 is 0. The topological polar surface area (TPSA) is 0 Å². The van der Waals surface area contributed by atoms with Gasteiger partial charge in [-0.15, -0.1) is 0 Å². The number of hydrogen-bond acceptors (Lipinski definition) is 0. The van der Waals surface area contributed by atoms with Crippen molar-refractivity contribution < 1.29 is 0 Å². The Morgan fingerprint density at radius 2 is 0.538 bits per heavy atom. The Morgan fingerprint density at radius 1 is 0.308 bits per heavy atom. The van der Waals surface area contributed by atoms with Crippen molar-refractivity contribution in [1.82, 2.24) is 0 Å². The van der Waals surface area contributed by atoms with Crippen LogP contribution in [0.15, 0.2) is 0 Å². The van der Waals surface area contributed by atoms with E-state index in [1.807, 2.05) is 0 Å². The zero-order chi connectivity index (χ0) is 19.0. The van der Waals surface area contributed by atoms with Crippen LogP contribution in [0.2, 0.25) is 0 Å². The Morgan fingerprint density at radius 3 is 0.808 bits per heavy atom. The van der Waals surface area contributed by atoms with Crippen LogP contribution in [0.3, 0.4) is 0 Å². The van der Waals surface area contributed by atoms with E-state index in [2.05, 4.69) is 13.8 Å². The molecule has 0 aliphatic rings. The lowest BCUT2D eigenvalue weighted by atomic mass is 10.1. The SMILES string of the molecule is CCCCCCCCCCCCPPCCCCCCCCCCCC. The van der Waals surface area contributed by atoms with Gasteiger partial charge in [0.1, 0.15) is 0 Å². The highest BCUT2D eigenvalue weighted by Crippen LogP contribution is 2.38. The molecule has 26 heavy (non-hydrogen) atoms. The average molecular weight is 403 g/mol. The van der Waals surface area contributed by atoms with Gasteiger partial charge in [0.25, 0.3) is 0 Å². The van der Waals surface area contributed by atoms with Crippen molar-refractivity contribution in [3.63, 3.8) is 0 Å². The molecule has 0 aliphatic carbocycles.